The topological polar surface area (TPSA) is 135 Å². The fourth-order valence-electron chi connectivity index (χ4n) is 6.78. The molecule has 0 unspecified atom stereocenters. The van der Waals surface area contributed by atoms with Crippen molar-refractivity contribution in [2.75, 3.05) is 40.4 Å². The van der Waals surface area contributed by atoms with Crippen molar-refractivity contribution in [3.8, 4) is 5.75 Å². The van der Waals surface area contributed by atoms with Crippen LogP contribution in [-0.4, -0.2) is 75.0 Å². The Bertz CT molecular complexity index is 1630. The minimum Gasteiger partial charge on any atom is -0.497 e. The monoisotopic (exact) mass is 717 g/mol. The van der Waals surface area contributed by atoms with Gasteiger partial charge in [-0.3, -0.25) is 4.79 Å². The molecule has 1 aromatic rings. The predicted molar refractivity (Wildman–Crippen MR) is 185 cm³/mol. The quantitative estimate of drug-likeness (QED) is 0.231. The fraction of sp³-hybridized carbons (Fsp3) is 0.500. The molecule has 14 heteroatoms. The fourth-order valence-corrected chi connectivity index (χ4v) is 11.8. The van der Waals surface area contributed by atoms with Crippen molar-refractivity contribution >= 4 is 76.3 Å². The first-order valence-corrected chi connectivity index (χ1v) is 18.0. The van der Waals surface area contributed by atoms with Gasteiger partial charge in [0.2, 0.25) is 5.91 Å². The summed E-state index contributed by atoms with van der Waals surface area (Å²) in [6.07, 6.45) is 6.83. The third-order valence-electron chi connectivity index (χ3n) is 9.09. The molecule has 0 saturated heterocycles. The van der Waals surface area contributed by atoms with E-state index in [4.69, 9.17) is 23.7 Å². The maximum absolute atomic E-state index is 14.4. The van der Waals surface area contributed by atoms with E-state index in [0.29, 0.717) is 39.8 Å². The van der Waals surface area contributed by atoms with E-state index in [1.807, 2.05) is 13.8 Å². The molecule has 3 heterocycles. The molecule has 0 atom stereocenters. The summed E-state index contributed by atoms with van der Waals surface area (Å²) in [5.74, 6) is -2.43. The van der Waals surface area contributed by atoms with E-state index in [-0.39, 0.29) is 26.2 Å². The summed E-state index contributed by atoms with van der Waals surface area (Å²) in [4.78, 5) is 70.2. The number of esters is 4. The molecule has 1 spiro atoms. The Morgan fingerprint density at radius 1 is 0.792 bits per heavy atom. The number of anilines is 1. The number of carbonyl (C=O) groups excluding carboxylic acids is 5. The molecule has 0 aromatic heterocycles. The molecule has 1 fully saturated rings. The molecule has 1 aliphatic carbocycles. The van der Waals surface area contributed by atoms with Gasteiger partial charge in [-0.25, -0.2) is 19.2 Å². The molecule has 258 valence electrons. The molecular formula is C34H39NO10S3. The van der Waals surface area contributed by atoms with Gasteiger partial charge in [0.25, 0.3) is 0 Å². The number of hydrogen-bond donors (Lipinski definition) is 0. The van der Waals surface area contributed by atoms with Gasteiger partial charge in [-0.05, 0) is 38.3 Å². The number of methoxy groups -OCH3 is 5. The summed E-state index contributed by atoms with van der Waals surface area (Å²) in [5.41, 5.74) is 0.409. The van der Waals surface area contributed by atoms with Gasteiger partial charge >= 0.3 is 23.9 Å². The van der Waals surface area contributed by atoms with E-state index in [1.54, 1.807) is 23.1 Å². The Morgan fingerprint density at radius 2 is 1.35 bits per heavy atom. The summed E-state index contributed by atoms with van der Waals surface area (Å²) in [7, 11) is 6.28. The molecule has 48 heavy (non-hydrogen) atoms. The summed E-state index contributed by atoms with van der Waals surface area (Å²) in [6, 6.07) is 5.30. The second kappa shape index (κ2) is 14.2. The highest BCUT2D eigenvalue weighted by Crippen LogP contribution is 2.71. The van der Waals surface area contributed by atoms with Crippen LogP contribution in [0.3, 0.4) is 0 Å². The molecule has 0 radical (unpaired) electrons. The minimum absolute atomic E-state index is 0.0851. The van der Waals surface area contributed by atoms with Crippen molar-refractivity contribution in [3.63, 3.8) is 0 Å². The molecular weight excluding hydrogens is 679 g/mol. The smallest absolute Gasteiger partial charge is 0.345 e. The van der Waals surface area contributed by atoms with E-state index in [0.717, 1.165) is 54.5 Å². The predicted octanol–water partition coefficient (Wildman–Crippen LogP) is 5.97. The largest absolute Gasteiger partial charge is 0.497 e. The number of benzene rings is 1. The second-order valence-electron chi connectivity index (χ2n) is 12.2. The number of fused-ring (bicyclic) bond motifs is 3. The lowest BCUT2D eigenvalue weighted by Gasteiger charge is -2.51. The third kappa shape index (κ3) is 6.04. The Morgan fingerprint density at radius 3 is 1.90 bits per heavy atom. The zero-order valence-corrected chi connectivity index (χ0v) is 30.5. The number of thioether (sulfide) groups is 3. The SMILES string of the molecule is COC(=O)C1=C(C(=O)OC)SC2(S1)C(C(=O)OC)=C(C(=O)OC)SC1=C2c2ccc(OC)cc2N(C(=O)CCC2CCCCC2)C1(C)C. The van der Waals surface area contributed by atoms with Gasteiger partial charge in [0.1, 0.15) is 24.5 Å². The molecule has 3 aliphatic heterocycles. The average Bonchev–Trinajstić information content (AvgIpc) is 3.49. The first-order valence-electron chi connectivity index (χ1n) is 15.5. The van der Waals surface area contributed by atoms with E-state index < -0.39 is 33.5 Å². The van der Waals surface area contributed by atoms with E-state index in [2.05, 4.69) is 0 Å². The number of hydrogen-bond acceptors (Lipinski definition) is 13. The lowest BCUT2D eigenvalue weighted by Crippen LogP contribution is -2.53. The molecule has 4 aliphatic rings. The van der Waals surface area contributed by atoms with Crippen LogP contribution in [0, 0.1) is 5.92 Å². The van der Waals surface area contributed by atoms with Gasteiger partial charge in [-0.2, -0.15) is 0 Å². The van der Waals surface area contributed by atoms with Gasteiger partial charge in [0.05, 0.1) is 52.3 Å². The van der Waals surface area contributed by atoms with Crippen molar-refractivity contribution < 1.29 is 47.7 Å². The summed E-state index contributed by atoms with van der Waals surface area (Å²) in [5, 5.41) is 0. The number of rotatable bonds is 8. The van der Waals surface area contributed by atoms with E-state index >= 15 is 0 Å². The molecule has 0 N–H and O–H groups in total. The van der Waals surface area contributed by atoms with Crippen LogP contribution in [0.25, 0.3) is 5.57 Å². The van der Waals surface area contributed by atoms with Gasteiger partial charge in [-0.15, -0.1) is 0 Å². The lowest BCUT2D eigenvalue weighted by molar-refractivity contribution is -0.138. The van der Waals surface area contributed by atoms with Crippen LogP contribution in [0.2, 0.25) is 0 Å². The lowest BCUT2D eigenvalue weighted by atomic mass is 9.82. The summed E-state index contributed by atoms with van der Waals surface area (Å²) in [6.45, 7) is 3.75. The number of ether oxygens (including phenoxy) is 5. The van der Waals surface area contributed by atoms with Crippen LogP contribution < -0.4 is 9.64 Å². The molecule has 5 rings (SSSR count). The highest BCUT2D eigenvalue weighted by Gasteiger charge is 2.61. The zero-order chi connectivity index (χ0) is 35.0. The average molecular weight is 718 g/mol. The molecule has 1 amide bonds. The maximum Gasteiger partial charge on any atom is 0.345 e. The van der Waals surface area contributed by atoms with Crippen LogP contribution in [0.1, 0.15) is 64.4 Å². The molecule has 1 saturated carbocycles. The minimum atomic E-state index is -1.64. The Hall–Kier alpha value is -3.36. The van der Waals surface area contributed by atoms with Crippen molar-refractivity contribution in [3.05, 3.63) is 49.0 Å². The van der Waals surface area contributed by atoms with Crippen molar-refractivity contribution in [2.24, 2.45) is 5.92 Å². The third-order valence-corrected chi connectivity index (χ3v) is 13.7. The first kappa shape index (κ1) is 35.9. The molecule has 11 nitrogen and oxygen atoms in total. The van der Waals surface area contributed by atoms with Crippen LogP contribution >= 0.6 is 35.3 Å². The second-order valence-corrected chi connectivity index (χ2v) is 15.9. The highest BCUT2D eigenvalue weighted by molar-refractivity contribution is 8.26. The Labute approximate surface area is 292 Å². The van der Waals surface area contributed by atoms with Crippen LogP contribution in [0.5, 0.6) is 5.75 Å². The number of amides is 1. The standard InChI is InChI=1S/C34H39NO10S3/c1-33(2)28-23(20-15-14-19(41-3)17-21(20)35(33)22(36)16-13-18-11-9-8-10-12-18)34(24(29(37)42-4)25(46-28)30(38)43-5)47-26(31(39)44-6)27(48-34)32(40)45-7/h14-15,17-18H,8-13,16H2,1-7H3. The van der Waals surface area contributed by atoms with Gasteiger partial charge in [-0.1, -0.05) is 67.4 Å². The van der Waals surface area contributed by atoms with Crippen molar-refractivity contribution in [1.29, 1.82) is 0 Å². The Kier molecular flexibility index (Phi) is 10.7. The van der Waals surface area contributed by atoms with Crippen LogP contribution in [0.4, 0.5) is 5.69 Å². The zero-order valence-electron chi connectivity index (χ0n) is 28.0. The van der Waals surface area contributed by atoms with Gasteiger partial charge < -0.3 is 28.6 Å². The Balaban J connectivity index is 1.78. The van der Waals surface area contributed by atoms with Gasteiger partial charge in [0.15, 0.2) is 0 Å². The normalized spacial score (nSPS) is 19.9. The summed E-state index contributed by atoms with van der Waals surface area (Å²) < 4.78 is 24.5. The maximum atomic E-state index is 14.4. The number of nitrogens with zero attached hydrogens (tertiary/aromatic N) is 1. The molecule has 0 bridgehead atoms. The van der Waals surface area contributed by atoms with Crippen LogP contribution in [0.15, 0.2) is 43.4 Å². The number of carbonyl (C=O) groups is 5. The first-order chi connectivity index (χ1) is 22.9. The van der Waals surface area contributed by atoms with E-state index in [9.17, 15) is 24.0 Å². The molecule has 1 aromatic carbocycles. The highest BCUT2D eigenvalue weighted by atomic mass is 32.2. The van der Waals surface area contributed by atoms with Crippen LogP contribution in [-0.2, 0) is 42.9 Å². The van der Waals surface area contributed by atoms with E-state index in [1.165, 1.54) is 54.8 Å². The van der Waals surface area contributed by atoms with Gasteiger partial charge in [0, 0.05) is 28.5 Å². The summed E-state index contributed by atoms with van der Waals surface area (Å²) >= 11 is 2.81. The van der Waals surface area contributed by atoms with Crippen molar-refractivity contribution in [2.45, 2.75) is 68.4 Å². The van der Waals surface area contributed by atoms with Crippen molar-refractivity contribution in [1.82, 2.24) is 0 Å².